The molecule has 0 aliphatic heterocycles. The Labute approximate surface area is 123 Å². The van der Waals surface area contributed by atoms with Crippen LogP contribution in [0.5, 0.6) is 0 Å². The Balaban J connectivity index is 2.41. The van der Waals surface area contributed by atoms with Crippen molar-refractivity contribution in [3.8, 4) is 0 Å². The van der Waals surface area contributed by atoms with Crippen LogP contribution in [0.3, 0.4) is 0 Å². The molecular weight excluding hydrogens is 303 g/mol. The standard InChI is InChI=1S/C14H20F3NO2S/c1-11(18-10-4-3-9-14(15,16)17)12-5-7-13(8-6-12)21(2,19)20/h5-8,11,18H,3-4,9-10H2,1-2H3. The first-order chi connectivity index (χ1) is 9.59. The Kier molecular flexibility index (Phi) is 6.22. The second-order valence-electron chi connectivity index (χ2n) is 5.09. The number of hydrogen-bond donors (Lipinski definition) is 1. The minimum absolute atomic E-state index is 0.0375. The third kappa shape index (κ3) is 6.95. The van der Waals surface area contributed by atoms with Gasteiger partial charge >= 0.3 is 6.18 Å². The number of hydrogen-bond acceptors (Lipinski definition) is 3. The summed E-state index contributed by atoms with van der Waals surface area (Å²) in [5, 5.41) is 3.13. The Morgan fingerprint density at radius 3 is 2.19 bits per heavy atom. The lowest BCUT2D eigenvalue weighted by Crippen LogP contribution is -2.20. The first kappa shape index (κ1) is 18.0. The van der Waals surface area contributed by atoms with Crippen molar-refractivity contribution >= 4 is 9.84 Å². The molecule has 21 heavy (non-hydrogen) atoms. The molecule has 0 aliphatic rings. The maximum Gasteiger partial charge on any atom is 0.389 e. The quantitative estimate of drug-likeness (QED) is 0.782. The minimum Gasteiger partial charge on any atom is -0.310 e. The lowest BCUT2D eigenvalue weighted by atomic mass is 10.1. The average molecular weight is 323 g/mol. The van der Waals surface area contributed by atoms with Crippen LogP contribution in [0.1, 0.15) is 37.8 Å². The molecule has 0 fully saturated rings. The maximum absolute atomic E-state index is 12.0. The summed E-state index contributed by atoms with van der Waals surface area (Å²) < 4.78 is 58.6. The van der Waals surface area contributed by atoms with Crippen LogP contribution >= 0.6 is 0 Å². The zero-order valence-corrected chi connectivity index (χ0v) is 12.9. The molecule has 1 atom stereocenters. The zero-order chi connectivity index (χ0) is 16.1. The molecule has 0 aromatic heterocycles. The van der Waals surface area contributed by atoms with E-state index < -0.39 is 22.4 Å². The first-order valence-corrected chi connectivity index (χ1v) is 8.59. The summed E-state index contributed by atoms with van der Waals surface area (Å²) in [4.78, 5) is 0.253. The predicted octanol–water partition coefficient (Wildman–Crippen LogP) is 3.47. The second kappa shape index (κ2) is 7.26. The molecule has 7 heteroatoms. The predicted molar refractivity (Wildman–Crippen MR) is 75.9 cm³/mol. The van der Waals surface area contributed by atoms with Crippen LogP contribution in [-0.2, 0) is 9.84 Å². The Morgan fingerprint density at radius 2 is 1.71 bits per heavy atom. The van der Waals surface area contributed by atoms with E-state index in [0.29, 0.717) is 13.0 Å². The zero-order valence-electron chi connectivity index (χ0n) is 12.1. The van der Waals surface area contributed by atoms with Gasteiger partial charge in [0, 0.05) is 18.7 Å². The lowest BCUT2D eigenvalue weighted by Gasteiger charge is -2.15. The Hall–Kier alpha value is -1.08. The van der Waals surface area contributed by atoms with Gasteiger partial charge in [0.2, 0.25) is 0 Å². The van der Waals surface area contributed by atoms with E-state index in [0.717, 1.165) is 11.8 Å². The monoisotopic (exact) mass is 323 g/mol. The van der Waals surface area contributed by atoms with Gasteiger partial charge in [-0.3, -0.25) is 0 Å². The van der Waals surface area contributed by atoms with Crippen LogP contribution < -0.4 is 5.32 Å². The summed E-state index contributed by atoms with van der Waals surface area (Å²) >= 11 is 0. The molecule has 0 radical (unpaired) electrons. The molecule has 1 aromatic carbocycles. The molecule has 0 saturated heterocycles. The van der Waals surface area contributed by atoms with E-state index in [-0.39, 0.29) is 17.4 Å². The summed E-state index contributed by atoms with van der Waals surface area (Å²) in [6.07, 6.45) is -3.15. The number of benzene rings is 1. The van der Waals surface area contributed by atoms with Crippen LogP contribution in [0.15, 0.2) is 29.2 Å². The molecule has 1 aromatic rings. The molecule has 1 N–H and O–H groups in total. The van der Waals surface area contributed by atoms with Crippen molar-refractivity contribution in [3.05, 3.63) is 29.8 Å². The molecule has 1 rings (SSSR count). The summed E-state index contributed by atoms with van der Waals surface area (Å²) in [6, 6.07) is 6.46. The summed E-state index contributed by atoms with van der Waals surface area (Å²) in [7, 11) is -3.21. The molecule has 0 spiro atoms. The highest BCUT2D eigenvalue weighted by Crippen LogP contribution is 2.22. The van der Waals surface area contributed by atoms with Crippen molar-refractivity contribution in [1.29, 1.82) is 0 Å². The van der Waals surface area contributed by atoms with Crippen LogP contribution in [-0.4, -0.2) is 27.4 Å². The largest absolute Gasteiger partial charge is 0.389 e. The highest BCUT2D eigenvalue weighted by Gasteiger charge is 2.25. The van der Waals surface area contributed by atoms with Gasteiger partial charge in [0.15, 0.2) is 9.84 Å². The van der Waals surface area contributed by atoms with Gasteiger partial charge in [-0.1, -0.05) is 12.1 Å². The summed E-state index contributed by atoms with van der Waals surface area (Å²) in [5.74, 6) is 0. The van der Waals surface area contributed by atoms with Gasteiger partial charge in [0.25, 0.3) is 0 Å². The summed E-state index contributed by atoms with van der Waals surface area (Å²) in [5.41, 5.74) is 0.901. The van der Waals surface area contributed by atoms with Gasteiger partial charge in [-0.25, -0.2) is 8.42 Å². The molecule has 0 amide bonds. The third-order valence-electron chi connectivity index (χ3n) is 3.15. The van der Waals surface area contributed by atoms with Crippen molar-refractivity contribution in [1.82, 2.24) is 5.32 Å². The summed E-state index contributed by atoms with van der Waals surface area (Å²) in [6.45, 7) is 2.38. The van der Waals surface area contributed by atoms with Crippen LogP contribution in [0.25, 0.3) is 0 Å². The van der Waals surface area contributed by atoms with Crippen molar-refractivity contribution in [2.45, 2.75) is 43.3 Å². The molecule has 0 bridgehead atoms. The molecule has 1 unspecified atom stereocenters. The Morgan fingerprint density at radius 1 is 1.14 bits per heavy atom. The van der Waals surface area contributed by atoms with E-state index in [4.69, 9.17) is 0 Å². The van der Waals surface area contributed by atoms with E-state index in [1.807, 2.05) is 6.92 Å². The Bertz CT molecular complexity index is 538. The molecule has 3 nitrogen and oxygen atoms in total. The van der Waals surface area contributed by atoms with E-state index in [1.165, 1.54) is 12.1 Å². The lowest BCUT2D eigenvalue weighted by molar-refractivity contribution is -0.135. The second-order valence-corrected chi connectivity index (χ2v) is 7.11. The number of halogens is 3. The first-order valence-electron chi connectivity index (χ1n) is 6.70. The smallest absolute Gasteiger partial charge is 0.310 e. The van der Waals surface area contributed by atoms with Crippen LogP contribution in [0.4, 0.5) is 13.2 Å². The van der Waals surface area contributed by atoms with Crippen molar-refractivity contribution in [2.24, 2.45) is 0 Å². The fourth-order valence-corrected chi connectivity index (χ4v) is 2.52. The molecule has 0 heterocycles. The molecular formula is C14H20F3NO2S. The van der Waals surface area contributed by atoms with E-state index >= 15 is 0 Å². The number of sulfone groups is 1. The van der Waals surface area contributed by atoms with E-state index in [2.05, 4.69) is 5.32 Å². The van der Waals surface area contributed by atoms with Crippen LogP contribution in [0.2, 0.25) is 0 Å². The van der Waals surface area contributed by atoms with Crippen molar-refractivity contribution < 1.29 is 21.6 Å². The van der Waals surface area contributed by atoms with Crippen molar-refractivity contribution in [2.75, 3.05) is 12.8 Å². The van der Waals surface area contributed by atoms with Crippen molar-refractivity contribution in [3.63, 3.8) is 0 Å². The van der Waals surface area contributed by atoms with Gasteiger partial charge in [0.05, 0.1) is 4.90 Å². The van der Waals surface area contributed by atoms with Gasteiger partial charge < -0.3 is 5.32 Å². The normalized spacial score (nSPS) is 14.1. The van der Waals surface area contributed by atoms with Gasteiger partial charge in [0.1, 0.15) is 0 Å². The topological polar surface area (TPSA) is 46.2 Å². The highest BCUT2D eigenvalue weighted by atomic mass is 32.2. The number of alkyl halides is 3. The molecule has 120 valence electrons. The fourth-order valence-electron chi connectivity index (χ4n) is 1.89. The molecule has 0 saturated carbocycles. The highest BCUT2D eigenvalue weighted by molar-refractivity contribution is 7.90. The number of unbranched alkanes of at least 4 members (excludes halogenated alkanes) is 1. The number of nitrogens with one attached hydrogen (secondary N) is 1. The fraction of sp³-hybridized carbons (Fsp3) is 0.571. The number of rotatable bonds is 7. The maximum atomic E-state index is 12.0. The van der Waals surface area contributed by atoms with Gasteiger partial charge in [-0.2, -0.15) is 13.2 Å². The average Bonchev–Trinajstić information content (AvgIpc) is 2.36. The van der Waals surface area contributed by atoms with Gasteiger partial charge in [-0.05, 0) is 44.0 Å². The van der Waals surface area contributed by atoms with Gasteiger partial charge in [-0.15, -0.1) is 0 Å². The van der Waals surface area contributed by atoms with E-state index in [1.54, 1.807) is 12.1 Å². The minimum atomic E-state index is -4.09. The molecule has 0 aliphatic carbocycles. The third-order valence-corrected chi connectivity index (χ3v) is 4.27. The van der Waals surface area contributed by atoms with Crippen LogP contribution in [0, 0.1) is 0 Å². The van der Waals surface area contributed by atoms with E-state index in [9.17, 15) is 21.6 Å². The SMILES string of the molecule is CC(NCCCCC(F)(F)F)c1ccc(S(C)(=O)=O)cc1.